The molecular formula is C28H34N6O2. The van der Waals surface area contributed by atoms with Crippen molar-refractivity contribution in [3.8, 4) is 0 Å². The Bertz CT molecular complexity index is 1110. The number of anilines is 2. The molecule has 188 valence electrons. The molecule has 0 amide bonds. The molecule has 2 fully saturated rings. The van der Waals surface area contributed by atoms with Crippen LogP contribution in [0, 0.1) is 10.1 Å². The first kappa shape index (κ1) is 24.2. The Labute approximate surface area is 212 Å². The molecule has 2 aromatic carbocycles. The van der Waals surface area contributed by atoms with Gasteiger partial charge in [0.2, 0.25) is 11.6 Å². The number of hydrogen-bond donors (Lipinski definition) is 0. The smallest absolute Gasteiger partial charge is 0.348 e. The van der Waals surface area contributed by atoms with E-state index in [0.29, 0.717) is 24.7 Å². The Balaban J connectivity index is 1.40. The van der Waals surface area contributed by atoms with Gasteiger partial charge in [-0.15, -0.1) is 0 Å². The molecule has 2 aliphatic rings. The van der Waals surface area contributed by atoms with Gasteiger partial charge < -0.3 is 9.80 Å². The first-order chi connectivity index (χ1) is 17.7. The first-order valence-corrected chi connectivity index (χ1v) is 13.0. The van der Waals surface area contributed by atoms with E-state index in [1.807, 2.05) is 12.1 Å². The van der Waals surface area contributed by atoms with Crippen LogP contribution < -0.4 is 9.80 Å². The van der Waals surface area contributed by atoms with Crippen LogP contribution >= 0.6 is 0 Å². The molecule has 2 aliphatic heterocycles. The highest BCUT2D eigenvalue weighted by molar-refractivity contribution is 5.71. The van der Waals surface area contributed by atoms with Crippen LogP contribution in [0.3, 0.4) is 0 Å². The lowest BCUT2D eigenvalue weighted by molar-refractivity contribution is -0.383. The van der Waals surface area contributed by atoms with E-state index in [9.17, 15) is 10.1 Å². The lowest BCUT2D eigenvalue weighted by Gasteiger charge is -2.40. The number of nitrogens with zero attached hydrogens (tertiary/aromatic N) is 6. The Morgan fingerprint density at radius 1 is 0.889 bits per heavy atom. The van der Waals surface area contributed by atoms with Gasteiger partial charge in [0, 0.05) is 38.8 Å². The molecule has 8 heteroatoms. The highest BCUT2D eigenvalue weighted by atomic mass is 16.6. The van der Waals surface area contributed by atoms with Crippen LogP contribution in [0.4, 0.5) is 17.3 Å². The number of rotatable bonds is 7. The van der Waals surface area contributed by atoms with Crippen LogP contribution in [-0.4, -0.2) is 58.6 Å². The third-order valence-corrected chi connectivity index (χ3v) is 7.55. The van der Waals surface area contributed by atoms with Gasteiger partial charge in [-0.25, -0.2) is 9.97 Å². The average molecular weight is 487 g/mol. The molecule has 0 saturated carbocycles. The minimum Gasteiger partial charge on any atom is -0.348 e. The Morgan fingerprint density at radius 3 is 2.08 bits per heavy atom. The quantitative estimate of drug-likeness (QED) is 0.341. The maximum absolute atomic E-state index is 12.3. The van der Waals surface area contributed by atoms with Gasteiger partial charge in [0.05, 0.1) is 11.0 Å². The second-order valence-electron chi connectivity index (χ2n) is 9.62. The van der Waals surface area contributed by atoms with E-state index >= 15 is 0 Å². The highest BCUT2D eigenvalue weighted by Crippen LogP contribution is 2.38. The fourth-order valence-electron chi connectivity index (χ4n) is 5.75. The van der Waals surface area contributed by atoms with E-state index < -0.39 is 0 Å². The molecule has 36 heavy (non-hydrogen) atoms. The second-order valence-corrected chi connectivity index (χ2v) is 9.62. The zero-order valence-corrected chi connectivity index (χ0v) is 20.9. The number of hydrogen-bond acceptors (Lipinski definition) is 7. The van der Waals surface area contributed by atoms with Crippen LogP contribution in [0.2, 0.25) is 0 Å². The van der Waals surface area contributed by atoms with E-state index in [4.69, 9.17) is 0 Å². The van der Waals surface area contributed by atoms with Crippen LogP contribution in [-0.2, 0) is 0 Å². The number of piperidine rings is 1. The van der Waals surface area contributed by atoms with Crippen molar-refractivity contribution in [2.75, 3.05) is 42.5 Å². The first-order valence-electron chi connectivity index (χ1n) is 13.0. The van der Waals surface area contributed by atoms with Crippen molar-refractivity contribution in [2.24, 2.45) is 0 Å². The molecule has 0 bridgehead atoms. The van der Waals surface area contributed by atoms with Crippen molar-refractivity contribution in [1.29, 1.82) is 0 Å². The monoisotopic (exact) mass is 486 g/mol. The van der Waals surface area contributed by atoms with Gasteiger partial charge in [0.25, 0.3) is 0 Å². The SMILES string of the molecule is CCC1CCCCN1c1ncnc(N2CCN(C(c3ccccc3)c3ccccc3)CC2)c1[N+](=O)[O-]. The predicted octanol–water partition coefficient (Wildman–Crippen LogP) is 5.07. The van der Waals surface area contributed by atoms with Gasteiger partial charge in [-0.1, -0.05) is 67.6 Å². The summed E-state index contributed by atoms with van der Waals surface area (Å²) in [6, 6.07) is 21.5. The largest absolute Gasteiger partial charge is 0.353 e. The fourth-order valence-corrected chi connectivity index (χ4v) is 5.75. The third kappa shape index (κ3) is 4.91. The Hall–Kier alpha value is -3.52. The molecule has 8 nitrogen and oxygen atoms in total. The lowest BCUT2D eigenvalue weighted by Crippen LogP contribution is -2.48. The fraction of sp³-hybridized carbons (Fsp3) is 0.429. The maximum Gasteiger partial charge on any atom is 0.353 e. The number of piperazine rings is 1. The molecule has 0 N–H and O–H groups in total. The van der Waals surface area contributed by atoms with Gasteiger partial charge in [-0.3, -0.25) is 15.0 Å². The van der Waals surface area contributed by atoms with Crippen LogP contribution in [0.15, 0.2) is 67.0 Å². The normalized spacial score (nSPS) is 19.0. The molecule has 0 spiro atoms. The van der Waals surface area contributed by atoms with Crippen molar-refractivity contribution >= 4 is 17.3 Å². The summed E-state index contributed by atoms with van der Waals surface area (Å²) in [7, 11) is 0. The molecule has 0 radical (unpaired) electrons. The highest BCUT2D eigenvalue weighted by Gasteiger charge is 2.35. The summed E-state index contributed by atoms with van der Waals surface area (Å²) < 4.78 is 0. The zero-order valence-electron chi connectivity index (χ0n) is 20.9. The van der Waals surface area contributed by atoms with Crippen LogP contribution in [0.1, 0.15) is 49.8 Å². The molecule has 1 atom stereocenters. The predicted molar refractivity (Wildman–Crippen MR) is 142 cm³/mol. The summed E-state index contributed by atoms with van der Waals surface area (Å²) in [4.78, 5) is 27.6. The summed E-state index contributed by atoms with van der Waals surface area (Å²) >= 11 is 0. The molecule has 0 aliphatic carbocycles. The van der Waals surface area contributed by atoms with Gasteiger partial charge >= 0.3 is 5.69 Å². The second kappa shape index (κ2) is 11.0. The summed E-state index contributed by atoms with van der Waals surface area (Å²) in [5, 5.41) is 12.3. The minimum absolute atomic E-state index is 0.0500. The Morgan fingerprint density at radius 2 is 1.50 bits per heavy atom. The third-order valence-electron chi connectivity index (χ3n) is 7.55. The van der Waals surface area contributed by atoms with Crippen molar-refractivity contribution in [1.82, 2.24) is 14.9 Å². The van der Waals surface area contributed by atoms with E-state index in [-0.39, 0.29) is 22.7 Å². The van der Waals surface area contributed by atoms with Crippen LogP contribution in [0.25, 0.3) is 0 Å². The van der Waals surface area contributed by atoms with Gasteiger partial charge in [-0.05, 0) is 36.8 Å². The van der Waals surface area contributed by atoms with Gasteiger partial charge in [-0.2, -0.15) is 0 Å². The molecule has 1 unspecified atom stereocenters. The summed E-state index contributed by atoms with van der Waals surface area (Å²) in [5.74, 6) is 0.923. The number of aromatic nitrogens is 2. The maximum atomic E-state index is 12.3. The van der Waals surface area contributed by atoms with E-state index in [1.54, 1.807) is 0 Å². The molecule has 3 aromatic rings. The standard InChI is InChI=1S/C28H34N6O2/c1-2-24-15-9-10-16-33(24)28-26(34(35)36)27(29-21-30-28)32-19-17-31(18-20-32)25(22-11-5-3-6-12-22)23-13-7-4-8-14-23/h3-8,11-14,21,24-25H,2,9-10,15-20H2,1H3. The van der Waals surface area contributed by atoms with Crippen molar-refractivity contribution in [3.63, 3.8) is 0 Å². The summed E-state index contributed by atoms with van der Waals surface area (Å²) in [6.45, 7) is 5.86. The zero-order chi connectivity index (χ0) is 24.9. The van der Waals surface area contributed by atoms with Crippen molar-refractivity contribution in [3.05, 3.63) is 88.2 Å². The molecular weight excluding hydrogens is 452 g/mol. The van der Waals surface area contributed by atoms with Gasteiger partial charge in [0.1, 0.15) is 6.33 Å². The Kier molecular flexibility index (Phi) is 7.41. The number of nitro groups is 1. The summed E-state index contributed by atoms with van der Waals surface area (Å²) in [6.07, 6.45) is 5.70. The topological polar surface area (TPSA) is 78.6 Å². The van der Waals surface area contributed by atoms with Crippen molar-refractivity contribution in [2.45, 2.75) is 44.7 Å². The van der Waals surface area contributed by atoms with E-state index in [2.05, 4.69) is 80.1 Å². The van der Waals surface area contributed by atoms with E-state index in [1.165, 1.54) is 17.5 Å². The molecule has 1 aromatic heterocycles. The summed E-state index contributed by atoms with van der Waals surface area (Å²) in [5.41, 5.74) is 2.56. The van der Waals surface area contributed by atoms with Crippen molar-refractivity contribution < 1.29 is 4.92 Å². The van der Waals surface area contributed by atoms with Gasteiger partial charge in [0.15, 0.2) is 0 Å². The van der Waals surface area contributed by atoms with E-state index in [0.717, 1.165) is 45.3 Å². The molecule has 3 heterocycles. The lowest BCUT2D eigenvalue weighted by atomic mass is 9.96. The number of benzene rings is 2. The molecule has 2 saturated heterocycles. The average Bonchev–Trinajstić information content (AvgIpc) is 2.94. The molecule has 5 rings (SSSR count). The van der Waals surface area contributed by atoms with Crippen LogP contribution in [0.5, 0.6) is 0 Å². The minimum atomic E-state index is -0.283.